The minimum Gasteiger partial charge on any atom is -0.307 e. The Balaban J connectivity index is 0.000000461. The molecule has 0 bridgehead atoms. The highest BCUT2D eigenvalue weighted by molar-refractivity contribution is 7.96. The molecule has 1 saturated heterocycles. The molecule has 0 amide bonds. The lowest BCUT2D eigenvalue weighted by Crippen LogP contribution is -2.38. The number of hydrogen-bond donors (Lipinski definition) is 2. The molecule has 1 aliphatic heterocycles. The zero-order valence-corrected chi connectivity index (χ0v) is 8.16. The molecule has 0 unspecified atom stereocenters. The quantitative estimate of drug-likeness (QED) is 0.593. The molecule has 11 heavy (non-hydrogen) atoms. The van der Waals surface area contributed by atoms with E-state index in [4.69, 9.17) is 0 Å². The van der Waals surface area contributed by atoms with Gasteiger partial charge in [0, 0.05) is 0 Å². The van der Waals surface area contributed by atoms with Gasteiger partial charge in [-0.3, -0.25) is 4.79 Å². The summed E-state index contributed by atoms with van der Waals surface area (Å²) < 4.78 is 0. The van der Waals surface area contributed by atoms with E-state index >= 15 is 0 Å². The van der Waals surface area contributed by atoms with Gasteiger partial charge in [0.15, 0.2) is 0 Å². The van der Waals surface area contributed by atoms with E-state index in [2.05, 4.69) is 17.9 Å². The average molecular weight is 175 g/mol. The largest absolute Gasteiger partial charge is 0.307 e. The number of piperidine rings is 1. The van der Waals surface area contributed by atoms with Gasteiger partial charge in [-0.05, 0) is 19.4 Å². The van der Waals surface area contributed by atoms with Crippen molar-refractivity contribution in [3.63, 3.8) is 0 Å². The highest BCUT2D eigenvalue weighted by atomic mass is 32.1. The SMILES string of the molecule is CC.O=C(S)[C@@H]1CCCCN1. The van der Waals surface area contributed by atoms with Gasteiger partial charge in [0.2, 0.25) is 5.12 Å². The summed E-state index contributed by atoms with van der Waals surface area (Å²) >= 11 is 3.74. The van der Waals surface area contributed by atoms with Gasteiger partial charge in [0.25, 0.3) is 0 Å². The van der Waals surface area contributed by atoms with Crippen LogP contribution in [0.3, 0.4) is 0 Å². The van der Waals surface area contributed by atoms with Crippen molar-refractivity contribution in [2.24, 2.45) is 0 Å². The van der Waals surface area contributed by atoms with Crippen LogP contribution < -0.4 is 5.32 Å². The summed E-state index contributed by atoms with van der Waals surface area (Å²) in [6.07, 6.45) is 3.31. The molecule has 1 rings (SSSR count). The first kappa shape index (κ1) is 11.0. The fraction of sp³-hybridized carbons (Fsp3) is 0.875. The van der Waals surface area contributed by atoms with Crippen LogP contribution >= 0.6 is 12.6 Å². The molecule has 0 saturated carbocycles. The molecule has 1 heterocycles. The maximum atomic E-state index is 10.6. The average Bonchev–Trinajstić information content (AvgIpc) is 2.10. The third kappa shape index (κ3) is 4.43. The van der Waals surface area contributed by atoms with E-state index in [9.17, 15) is 4.79 Å². The smallest absolute Gasteiger partial charge is 0.202 e. The van der Waals surface area contributed by atoms with Crippen molar-refractivity contribution in [3.05, 3.63) is 0 Å². The Morgan fingerprint density at radius 1 is 1.45 bits per heavy atom. The van der Waals surface area contributed by atoms with E-state index < -0.39 is 0 Å². The first-order valence-corrected chi connectivity index (χ1v) is 4.71. The van der Waals surface area contributed by atoms with Gasteiger partial charge in [-0.1, -0.05) is 20.3 Å². The van der Waals surface area contributed by atoms with E-state index in [-0.39, 0.29) is 11.2 Å². The number of carbonyl (C=O) groups is 1. The normalized spacial score (nSPS) is 23.4. The standard InChI is InChI=1S/C6H11NOS.C2H6/c8-6(9)5-3-1-2-4-7-5;1-2/h5,7H,1-4H2,(H,8,9);1-2H3/t5-;/m0./s1. The Morgan fingerprint density at radius 3 is 2.36 bits per heavy atom. The van der Waals surface area contributed by atoms with Gasteiger partial charge < -0.3 is 5.32 Å². The predicted octanol–water partition coefficient (Wildman–Crippen LogP) is 1.61. The Hall–Kier alpha value is -0.0200. The number of carbonyl (C=O) groups excluding carboxylic acids is 1. The Morgan fingerprint density at radius 2 is 2.09 bits per heavy atom. The monoisotopic (exact) mass is 175 g/mol. The van der Waals surface area contributed by atoms with E-state index in [1.54, 1.807) is 0 Å². The molecule has 66 valence electrons. The van der Waals surface area contributed by atoms with Crippen molar-refractivity contribution in [3.8, 4) is 0 Å². The Labute approximate surface area is 74.2 Å². The van der Waals surface area contributed by atoms with Crippen molar-refractivity contribution < 1.29 is 4.79 Å². The highest BCUT2D eigenvalue weighted by Gasteiger charge is 2.16. The molecule has 1 N–H and O–H groups in total. The molecular formula is C8H17NOS. The number of rotatable bonds is 1. The molecule has 0 radical (unpaired) electrons. The van der Waals surface area contributed by atoms with Crippen molar-refractivity contribution in [1.82, 2.24) is 5.32 Å². The summed E-state index contributed by atoms with van der Waals surface area (Å²) in [4.78, 5) is 10.6. The number of nitrogens with one attached hydrogen (secondary N) is 1. The van der Waals surface area contributed by atoms with Gasteiger partial charge in [0.1, 0.15) is 0 Å². The second-order valence-electron chi connectivity index (χ2n) is 2.34. The van der Waals surface area contributed by atoms with Crippen molar-refractivity contribution in [1.29, 1.82) is 0 Å². The van der Waals surface area contributed by atoms with Crippen molar-refractivity contribution >= 4 is 17.7 Å². The minimum absolute atomic E-state index is 0.0188. The van der Waals surface area contributed by atoms with Crippen LogP contribution in [-0.2, 0) is 4.79 Å². The fourth-order valence-electron chi connectivity index (χ4n) is 1.06. The zero-order chi connectivity index (χ0) is 8.69. The molecule has 0 aliphatic carbocycles. The maximum Gasteiger partial charge on any atom is 0.202 e. The fourth-order valence-corrected chi connectivity index (χ4v) is 1.28. The summed E-state index contributed by atoms with van der Waals surface area (Å²) in [5.74, 6) is 0. The first-order chi connectivity index (χ1) is 5.30. The van der Waals surface area contributed by atoms with Crippen LogP contribution in [0.2, 0.25) is 0 Å². The van der Waals surface area contributed by atoms with Gasteiger partial charge in [-0.25, -0.2) is 0 Å². The Bertz CT molecular complexity index is 111. The van der Waals surface area contributed by atoms with Crippen LogP contribution in [0, 0.1) is 0 Å². The van der Waals surface area contributed by atoms with E-state index in [1.165, 1.54) is 6.42 Å². The van der Waals surface area contributed by atoms with Crippen LogP contribution in [0.1, 0.15) is 33.1 Å². The van der Waals surface area contributed by atoms with Crippen molar-refractivity contribution in [2.45, 2.75) is 39.2 Å². The zero-order valence-electron chi connectivity index (χ0n) is 7.26. The molecule has 1 aliphatic rings. The van der Waals surface area contributed by atoms with Gasteiger partial charge >= 0.3 is 0 Å². The van der Waals surface area contributed by atoms with Gasteiger partial charge in [-0.15, -0.1) is 12.6 Å². The number of hydrogen-bond acceptors (Lipinski definition) is 2. The molecule has 2 nitrogen and oxygen atoms in total. The van der Waals surface area contributed by atoms with Gasteiger partial charge in [-0.2, -0.15) is 0 Å². The van der Waals surface area contributed by atoms with E-state index in [0.717, 1.165) is 19.4 Å². The highest BCUT2D eigenvalue weighted by Crippen LogP contribution is 2.08. The van der Waals surface area contributed by atoms with E-state index in [1.807, 2.05) is 13.8 Å². The second kappa shape index (κ2) is 6.68. The molecular weight excluding hydrogens is 158 g/mol. The van der Waals surface area contributed by atoms with Crippen LogP contribution in [0.4, 0.5) is 0 Å². The molecule has 1 fully saturated rings. The van der Waals surface area contributed by atoms with Gasteiger partial charge in [0.05, 0.1) is 6.04 Å². The third-order valence-electron chi connectivity index (χ3n) is 1.61. The molecule has 0 aromatic carbocycles. The lowest BCUT2D eigenvalue weighted by atomic mass is 10.1. The summed E-state index contributed by atoms with van der Waals surface area (Å²) in [7, 11) is 0. The topological polar surface area (TPSA) is 29.1 Å². The summed E-state index contributed by atoms with van der Waals surface area (Å²) in [5, 5.41) is 3.07. The van der Waals surface area contributed by atoms with Crippen LogP contribution in [0.5, 0.6) is 0 Å². The molecule has 1 atom stereocenters. The number of thiol groups is 1. The lowest BCUT2D eigenvalue weighted by Gasteiger charge is -2.19. The van der Waals surface area contributed by atoms with E-state index in [0.29, 0.717) is 0 Å². The molecule has 0 spiro atoms. The van der Waals surface area contributed by atoms with Crippen molar-refractivity contribution in [2.75, 3.05) is 6.54 Å². The van der Waals surface area contributed by atoms with Crippen LogP contribution in [0.25, 0.3) is 0 Å². The summed E-state index contributed by atoms with van der Waals surface area (Å²) in [6, 6.07) is 0.0297. The first-order valence-electron chi connectivity index (χ1n) is 4.27. The predicted molar refractivity (Wildman–Crippen MR) is 51.0 cm³/mol. The third-order valence-corrected chi connectivity index (χ3v) is 1.92. The molecule has 0 aromatic heterocycles. The molecule has 3 heteroatoms. The van der Waals surface area contributed by atoms with Crippen LogP contribution in [0.15, 0.2) is 0 Å². The maximum absolute atomic E-state index is 10.6. The minimum atomic E-state index is -0.0188. The lowest BCUT2D eigenvalue weighted by molar-refractivity contribution is -0.113. The molecule has 0 aromatic rings. The van der Waals surface area contributed by atoms with Crippen LogP contribution in [-0.4, -0.2) is 17.7 Å². The Kier molecular flexibility index (Phi) is 6.66. The summed E-state index contributed by atoms with van der Waals surface area (Å²) in [6.45, 7) is 4.97. The second-order valence-corrected chi connectivity index (χ2v) is 2.78. The summed E-state index contributed by atoms with van der Waals surface area (Å²) in [5.41, 5.74) is 0.